The second kappa shape index (κ2) is 8.51. The molecule has 0 unspecified atom stereocenters. The standard InChI is InChI=1S/C22H24F3N7OS/c1-13-20(34-16-3-2-7-27-18(16)22(23,24)25)30-14(11-33)19(29-13)31-9-5-21(6-10-31)12-32-15(17(21)26)4-8-28-32/h2-4,7-8,17,33H,5-6,9-12,26H2,1H3/t17-/m1/s1. The molecule has 3 aromatic heterocycles. The van der Waals surface area contributed by atoms with Crippen molar-refractivity contribution in [2.24, 2.45) is 11.1 Å². The number of nitrogens with zero attached hydrogens (tertiary/aromatic N) is 6. The smallest absolute Gasteiger partial charge is 0.390 e. The van der Waals surface area contributed by atoms with E-state index < -0.39 is 11.9 Å². The lowest BCUT2D eigenvalue weighted by Gasteiger charge is -2.42. The number of aliphatic hydroxyl groups is 1. The Balaban J connectivity index is 1.37. The van der Waals surface area contributed by atoms with Crippen molar-refractivity contribution < 1.29 is 18.3 Å². The minimum atomic E-state index is -4.58. The Kier molecular flexibility index (Phi) is 5.77. The summed E-state index contributed by atoms with van der Waals surface area (Å²) in [5.74, 6) is 0.561. The summed E-state index contributed by atoms with van der Waals surface area (Å²) in [5.41, 5.74) is 7.42. The molecule has 34 heavy (non-hydrogen) atoms. The van der Waals surface area contributed by atoms with Crippen LogP contribution in [0.15, 0.2) is 40.5 Å². The minimum Gasteiger partial charge on any atom is -0.390 e. The molecule has 5 heterocycles. The van der Waals surface area contributed by atoms with Gasteiger partial charge < -0.3 is 15.7 Å². The molecule has 12 heteroatoms. The van der Waals surface area contributed by atoms with Crippen molar-refractivity contribution in [1.29, 1.82) is 0 Å². The monoisotopic (exact) mass is 491 g/mol. The van der Waals surface area contributed by atoms with Gasteiger partial charge in [-0.25, -0.2) is 9.97 Å². The van der Waals surface area contributed by atoms with Crippen LogP contribution >= 0.6 is 11.8 Å². The van der Waals surface area contributed by atoms with Gasteiger partial charge in [-0.3, -0.25) is 9.67 Å². The Morgan fingerprint density at radius 3 is 2.65 bits per heavy atom. The predicted octanol–water partition coefficient (Wildman–Crippen LogP) is 3.34. The number of piperidine rings is 1. The molecule has 0 amide bonds. The average molecular weight is 492 g/mol. The van der Waals surface area contributed by atoms with E-state index in [1.165, 1.54) is 12.1 Å². The second-order valence-corrected chi connectivity index (χ2v) is 9.76. The molecule has 3 aromatic rings. The molecule has 8 nitrogen and oxygen atoms in total. The molecule has 2 aliphatic rings. The number of nitrogens with two attached hydrogens (primary N) is 1. The quantitative estimate of drug-likeness (QED) is 0.573. The third-order valence-corrected chi connectivity index (χ3v) is 7.85. The molecule has 1 fully saturated rings. The fraction of sp³-hybridized carbons (Fsp3) is 0.455. The fourth-order valence-corrected chi connectivity index (χ4v) is 5.82. The highest BCUT2D eigenvalue weighted by molar-refractivity contribution is 7.99. The molecule has 180 valence electrons. The molecule has 2 aliphatic heterocycles. The van der Waals surface area contributed by atoms with Gasteiger partial charge in [-0.05, 0) is 38.0 Å². The summed E-state index contributed by atoms with van der Waals surface area (Å²) in [6, 6.07) is 4.69. The zero-order valence-corrected chi connectivity index (χ0v) is 19.3. The number of aromatic nitrogens is 5. The molecule has 1 atom stereocenters. The normalized spacial score (nSPS) is 19.6. The first-order valence-electron chi connectivity index (χ1n) is 10.9. The lowest BCUT2D eigenvalue weighted by molar-refractivity contribution is -0.143. The number of aliphatic hydroxyl groups excluding tert-OH is 1. The van der Waals surface area contributed by atoms with Crippen LogP contribution in [0.4, 0.5) is 19.0 Å². The van der Waals surface area contributed by atoms with Gasteiger partial charge in [0.2, 0.25) is 0 Å². The maximum absolute atomic E-state index is 13.4. The van der Waals surface area contributed by atoms with Crippen molar-refractivity contribution in [2.75, 3.05) is 18.0 Å². The molecule has 0 radical (unpaired) electrons. The van der Waals surface area contributed by atoms with E-state index >= 15 is 0 Å². The molecular formula is C22H24F3N7OS. The van der Waals surface area contributed by atoms with Gasteiger partial charge in [-0.1, -0.05) is 11.8 Å². The molecule has 0 saturated carbocycles. The van der Waals surface area contributed by atoms with Crippen LogP contribution in [0.25, 0.3) is 0 Å². The van der Waals surface area contributed by atoms with E-state index in [4.69, 9.17) is 5.73 Å². The van der Waals surface area contributed by atoms with Gasteiger partial charge in [-0.2, -0.15) is 18.3 Å². The lowest BCUT2D eigenvalue weighted by Crippen LogP contribution is -2.45. The van der Waals surface area contributed by atoms with Crippen molar-refractivity contribution >= 4 is 17.6 Å². The Morgan fingerprint density at radius 2 is 1.97 bits per heavy atom. The Bertz CT molecular complexity index is 1210. The lowest BCUT2D eigenvalue weighted by atomic mass is 9.73. The fourth-order valence-electron chi connectivity index (χ4n) is 4.85. The van der Waals surface area contributed by atoms with Gasteiger partial charge in [0.25, 0.3) is 0 Å². The number of pyridine rings is 1. The van der Waals surface area contributed by atoms with E-state index in [0.717, 1.165) is 43.0 Å². The van der Waals surface area contributed by atoms with E-state index in [0.29, 0.717) is 35.3 Å². The number of rotatable bonds is 4. The van der Waals surface area contributed by atoms with Crippen molar-refractivity contribution in [3.05, 3.63) is 53.4 Å². The van der Waals surface area contributed by atoms with Crippen LogP contribution in [0, 0.1) is 12.3 Å². The maximum Gasteiger partial charge on any atom is 0.434 e. The third kappa shape index (κ3) is 3.93. The number of anilines is 1. The topological polar surface area (TPSA) is 106 Å². The highest BCUT2D eigenvalue weighted by Crippen LogP contribution is 2.48. The third-order valence-electron chi connectivity index (χ3n) is 6.72. The largest absolute Gasteiger partial charge is 0.434 e. The van der Waals surface area contributed by atoms with E-state index in [1.807, 2.05) is 10.7 Å². The summed E-state index contributed by atoms with van der Waals surface area (Å²) in [7, 11) is 0. The molecule has 1 saturated heterocycles. The number of hydrogen-bond acceptors (Lipinski definition) is 8. The second-order valence-electron chi connectivity index (χ2n) is 8.73. The van der Waals surface area contributed by atoms with Gasteiger partial charge in [-0.15, -0.1) is 0 Å². The van der Waals surface area contributed by atoms with E-state index in [-0.39, 0.29) is 23.0 Å². The van der Waals surface area contributed by atoms with Crippen LogP contribution in [-0.4, -0.2) is 42.9 Å². The van der Waals surface area contributed by atoms with Crippen LogP contribution in [0.1, 0.15) is 41.7 Å². The van der Waals surface area contributed by atoms with Gasteiger partial charge in [0.15, 0.2) is 11.5 Å². The molecule has 0 bridgehead atoms. The summed E-state index contributed by atoms with van der Waals surface area (Å²) >= 11 is 0.850. The predicted molar refractivity (Wildman–Crippen MR) is 119 cm³/mol. The number of aryl methyl sites for hydroxylation is 1. The minimum absolute atomic E-state index is 0.0586. The van der Waals surface area contributed by atoms with E-state index in [1.54, 1.807) is 13.1 Å². The van der Waals surface area contributed by atoms with E-state index in [9.17, 15) is 18.3 Å². The first kappa shape index (κ1) is 23.1. The summed E-state index contributed by atoms with van der Waals surface area (Å²) in [6.45, 7) is 3.50. The Morgan fingerprint density at radius 1 is 1.21 bits per heavy atom. The van der Waals surface area contributed by atoms with Gasteiger partial charge in [0, 0.05) is 42.3 Å². The maximum atomic E-state index is 13.4. The molecule has 0 aliphatic carbocycles. The summed E-state index contributed by atoms with van der Waals surface area (Å²) in [5, 5.41) is 14.7. The van der Waals surface area contributed by atoms with Crippen molar-refractivity contribution in [3.63, 3.8) is 0 Å². The molecule has 5 rings (SSSR count). The number of alkyl halides is 3. The Hall–Kier alpha value is -2.70. The van der Waals surface area contributed by atoms with Crippen LogP contribution in [0.3, 0.4) is 0 Å². The van der Waals surface area contributed by atoms with E-state index in [2.05, 4.69) is 25.0 Å². The van der Waals surface area contributed by atoms with Crippen molar-refractivity contribution in [1.82, 2.24) is 24.7 Å². The summed E-state index contributed by atoms with van der Waals surface area (Å²) in [6.07, 6.45) is -0.0215. The van der Waals surface area contributed by atoms with Crippen LogP contribution in [0.2, 0.25) is 0 Å². The van der Waals surface area contributed by atoms with Gasteiger partial charge in [0.05, 0.1) is 24.0 Å². The van der Waals surface area contributed by atoms with Crippen LogP contribution in [0.5, 0.6) is 0 Å². The van der Waals surface area contributed by atoms with Gasteiger partial charge in [0.1, 0.15) is 10.7 Å². The zero-order valence-electron chi connectivity index (χ0n) is 18.5. The summed E-state index contributed by atoms with van der Waals surface area (Å²) in [4.78, 5) is 14.6. The molecular weight excluding hydrogens is 467 g/mol. The van der Waals surface area contributed by atoms with Gasteiger partial charge >= 0.3 is 6.18 Å². The molecule has 1 spiro atoms. The summed E-state index contributed by atoms with van der Waals surface area (Å²) < 4.78 is 42.0. The van der Waals surface area contributed by atoms with Crippen LogP contribution in [-0.2, 0) is 19.3 Å². The highest BCUT2D eigenvalue weighted by atomic mass is 32.2. The zero-order chi connectivity index (χ0) is 24.1. The highest BCUT2D eigenvalue weighted by Gasteiger charge is 2.47. The van der Waals surface area contributed by atoms with Crippen LogP contribution < -0.4 is 10.6 Å². The number of fused-ring (bicyclic) bond motifs is 1. The average Bonchev–Trinajstić information content (AvgIpc) is 3.36. The first-order valence-corrected chi connectivity index (χ1v) is 11.7. The van der Waals surface area contributed by atoms with Crippen molar-refractivity contribution in [3.8, 4) is 0 Å². The number of halogens is 3. The number of hydrogen-bond donors (Lipinski definition) is 2. The SMILES string of the molecule is Cc1nc(N2CCC3(CC2)Cn2nccc2[C@H]3N)c(CO)nc1Sc1cccnc1C(F)(F)F. The molecule has 0 aromatic carbocycles. The molecule has 3 N–H and O–H groups in total. The Labute approximate surface area is 198 Å². The first-order chi connectivity index (χ1) is 16.2. The van der Waals surface area contributed by atoms with Crippen molar-refractivity contribution in [2.45, 2.75) is 55.1 Å².